The maximum Gasteiger partial charge on any atom is 0.123 e. The number of imidazole rings is 1. The van der Waals surface area contributed by atoms with E-state index in [2.05, 4.69) is 61.4 Å². The van der Waals surface area contributed by atoms with E-state index >= 15 is 0 Å². The Hall–Kier alpha value is -3.25. The van der Waals surface area contributed by atoms with Gasteiger partial charge in [-0.15, -0.1) is 0 Å². The van der Waals surface area contributed by atoms with Gasteiger partial charge in [-0.1, -0.05) is 6.07 Å². The van der Waals surface area contributed by atoms with Crippen molar-refractivity contribution in [3.63, 3.8) is 0 Å². The summed E-state index contributed by atoms with van der Waals surface area (Å²) >= 11 is 0. The van der Waals surface area contributed by atoms with Gasteiger partial charge in [0, 0.05) is 35.6 Å². The molecule has 6 heteroatoms. The number of ether oxygens (including phenoxy) is 1. The first-order chi connectivity index (χ1) is 15.8. The van der Waals surface area contributed by atoms with Crippen LogP contribution in [0.15, 0.2) is 61.1 Å². The van der Waals surface area contributed by atoms with Crippen molar-refractivity contribution in [2.75, 3.05) is 24.6 Å². The number of halogens is 1. The second-order valence-corrected chi connectivity index (χ2v) is 9.58. The van der Waals surface area contributed by atoms with Gasteiger partial charge in [0.05, 0.1) is 47.3 Å². The third-order valence-electron chi connectivity index (χ3n) is 6.20. The summed E-state index contributed by atoms with van der Waals surface area (Å²) in [7, 11) is 0. The lowest BCUT2D eigenvalue weighted by molar-refractivity contribution is -0.0277. The van der Waals surface area contributed by atoms with Gasteiger partial charge >= 0.3 is 0 Å². The molecule has 0 atom stereocenters. The monoisotopic (exact) mass is 444 g/mol. The lowest BCUT2D eigenvalue weighted by Crippen LogP contribution is -2.48. The van der Waals surface area contributed by atoms with Crippen LogP contribution in [-0.4, -0.2) is 39.8 Å². The minimum absolute atomic E-state index is 0.178. The van der Waals surface area contributed by atoms with Crippen molar-refractivity contribution in [1.29, 1.82) is 0 Å². The van der Waals surface area contributed by atoms with Gasteiger partial charge in [-0.3, -0.25) is 4.98 Å². The van der Waals surface area contributed by atoms with E-state index in [4.69, 9.17) is 14.7 Å². The second kappa shape index (κ2) is 8.27. The fourth-order valence-corrected chi connectivity index (χ4v) is 4.53. The van der Waals surface area contributed by atoms with E-state index in [-0.39, 0.29) is 17.5 Å². The highest BCUT2D eigenvalue weighted by molar-refractivity contribution is 5.89. The zero-order chi connectivity index (χ0) is 23.2. The Morgan fingerprint density at radius 2 is 1.76 bits per heavy atom. The quantitative estimate of drug-likeness (QED) is 0.381. The molecule has 5 nitrogen and oxygen atoms in total. The van der Waals surface area contributed by atoms with Crippen molar-refractivity contribution in [3.05, 3.63) is 66.9 Å². The average molecular weight is 445 g/mol. The Labute approximate surface area is 193 Å². The molecule has 4 aromatic rings. The number of aromatic nitrogens is 3. The van der Waals surface area contributed by atoms with Crippen LogP contribution in [0.1, 0.15) is 33.7 Å². The maximum absolute atomic E-state index is 13.5. The summed E-state index contributed by atoms with van der Waals surface area (Å²) in [6.45, 7) is 10.9. The summed E-state index contributed by atoms with van der Waals surface area (Å²) in [5, 5.41) is 1.08. The fraction of sp³-hybridized carbons (Fsp3) is 0.333. The van der Waals surface area contributed by atoms with Crippen molar-refractivity contribution in [1.82, 2.24) is 14.5 Å². The molecular weight excluding hydrogens is 415 g/mol. The molecule has 5 rings (SSSR count). The van der Waals surface area contributed by atoms with Gasteiger partial charge in [0.25, 0.3) is 0 Å². The van der Waals surface area contributed by atoms with E-state index in [0.29, 0.717) is 6.61 Å². The maximum atomic E-state index is 13.5. The van der Waals surface area contributed by atoms with Gasteiger partial charge in [-0.25, -0.2) is 9.37 Å². The molecule has 1 aliphatic heterocycles. The van der Waals surface area contributed by atoms with E-state index in [1.54, 1.807) is 12.1 Å². The molecule has 2 aromatic heterocycles. The van der Waals surface area contributed by atoms with Crippen molar-refractivity contribution < 1.29 is 9.13 Å². The predicted molar refractivity (Wildman–Crippen MR) is 131 cm³/mol. The molecule has 0 saturated carbocycles. The minimum Gasteiger partial charge on any atom is -0.372 e. The first kappa shape index (κ1) is 21.6. The van der Waals surface area contributed by atoms with Gasteiger partial charge in [0.2, 0.25) is 0 Å². The van der Waals surface area contributed by atoms with E-state index in [9.17, 15) is 4.39 Å². The SMILES string of the molecule is CC(C)n1cnc(-c2ccc(F)cc2)c1-c1ccc2ncc(N3CCOC(C)(C)C3)cc2c1. The normalized spacial score (nSPS) is 16.0. The van der Waals surface area contributed by atoms with Crippen LogP contribution in [0.4, 0.5) is 10.1 Å². The highest BCUT2D eigenvalue weighted by Gasteiger charge is 2.27. The highest BCUT2D eigenvalue weighted by Crippen LogP contribution is 2.35. The summed E-state index contributed by atoms with van der Waals surface area (Å²) in [5.74, 6) is -0.251. The van der Waals surface area contributed by atoms with Crippen molar-refractivity contribution in [3.8, 4) is 22.5 Å². The van der Waals surface area contributed by atoms with Crippen LogP contribution >= 0.6 is 0 Å². The molecule has 33 heavy (non-hydrogen) atoms. The summed E-state index contributed by atoms with van der Waals surface area (Å²) in [6.07, 6.45) is 3.82. The number of rotatable bonds is 4. The number of morpholine rings is 1. The summed E-state index contributed by atoms with van der Waals surface area (Å²) in [6, 6.07) is 15.3. The molecule has 1 saturated heterocycles. The number of pyridine rings is 1. The molecule has 1 fully saturated rings. The Kier molecular flexibility index (Phi) is 5.41. The molecule has 0 radical (unpaired) electrons. The standard InChI is InChI=1S/C27H29FN4O/c1-18(2)32-17-30-25(19-5-8-22(28)9-6-19)26(32)20-7-10-24-21(13-20)14-23(15-29-24)31-11-12-33-27(3,4)16-31/h5-10,13-15,17-18H,11-12,16H2,1-4H3. The Morgan fingerprint density at radius 1 is 1.00 bits per heavy atom. The van der Waals surface area contributed by atoms with Crippen LogP contribution < -0.4 is 4.90 Å². The molecule has 170 valence electrons. The van der Waals surface area contributed by atoms with Gasteiger partial charge in [0.1, 0.15) is 5.82 Å². The highest BCUT2D eigenvalue weighted by atomic mass is 19.1. The number of benzene rings is 2. The molecular formula is C27H29FN4O. The first-order valence-corrected chi connectivity index (χ1v) is 11.4. The molecule has 0 aliphatic carbocycles. The minimum atomic E-state index is -0.251. The zero-order valence-corrected chi connectivity index (χ0v) is 19.5. The molecule has 0 unspecified atom stereocenters. The van der Waals surface area contributed by atoms with Crippen LogP contribution in [0.5, 0.6) is 0 Å². The van der Waals surface area contributed by atoms with Crippen LogP contribution in [0, 0.1) is 5.82 Å². The number of nitrogens with zero attached hydrogens (tertiary/aromatic N) is 4. The number of hydrogen-bond acceptors (Lipinski definition) is 4. The van der Waals surface area contributed by atoms with Gasteiger partial charge < -0.3 is 14.2 Å². The average Bonchev–Trinajstić information content (AvgIpc) is 3.24. The number of fused-ring (bicyclic) bond motifs is 1. The summed E-state index contributed by atoms with van der Waals surface area (Å²) < 4.78 is 21.6. The second-order valence-electron chi connectivity index (χ2n) is 9.58. The lowest BCUT2D eigenvalue weighted by Gasteiger charge is -2.39. The predicted octanol–water partition coefficient (Wildman–Crippen LogP) is 6.10. The van der Waals surface area contributed by atoms with E-state index in [1.807, 2.05) is 12.5 Å². The first-order valence-electron chi connectivity index (χ1n) is 11.4. The van der Waals surface area contributed by atoms with Gasteiger partial charge in [0.15, 0.2) is 0 Å². The molecule has 0 spiro atoms. The Bertz CT molecular complexity index is 1290. The van der Waals surface area contributed by atoms with Gasteiger partial charge in [-0.2, -0.15) is 0 Å². The van der Waals surface area contributed by atoms with E-state index in [0.717, 1.165) is 52.2 Å². The van der Waals surface area contributed by atoms with Crippen molar-refractivity contribution in [2.45, 2.75) is 39.3 Å². The Morgan fingerprint density at radius 3 is 2.48 bits per heavy atom. The van der Waals surface area contributed by atoms with Crippen molar-refractivity contribution >= 4 is 16.6 Å². The van der Waals surface area contributed by atoms with Crippen molar-refractivity contribution in [2.24, 2.45) is 0 Å². The Balaban J connectivity index is 1.60. The van der Waals surface area contributed by atoms with Gasteiger partial charge in [-0.05, 0) is 70.2 Å². The smallest absolute Gasteiger partial charge is 0.123 e. The van der Waals surface area contributed by atoms with E-state index in [1.165, 1.54) is 12.1 Å². The molecule has 2 aromatic carbocycles. The zero-order valence-electron chi connectivity index (χ0n) is 19.5. The van der Waals surface area contributed by atoms with Crippen LogP contribution in [0.2, 0.25) is 0 Å². The fourth-order valence-electron chi connectivity index (χ4n) is 4.53. The molecule has 0 N–H and O–H groups in total. The topological polar surface area (TPSA) is 43.2 Å². The third kappa shape index (κ3) is 4.23. The lowest BCUT2D eigenvalue weighted by atomic mass is 10.0. The molecule has 0 amide bonds. The van der Waals surface area contributed by atoms with Crippen LogP contribution in [0.3, 0.4) is 0 Å². The largest absolute Gasteiger partial charge is 0.372 e. The summed E-state index contributed by atoms with van der Waals surface area (Å²) in [5.41, 5.74) is 5.71. The molecule has 3 heterocycles. The summed E-state index contributed by atoms with van der Waals surface area (Å²) in [4.78, 5) is 11.8. The molecule has 0 bridgehead atoms. The number of hydrogen-bond donors (Lipinski definition) is 0. The van der Waals surface area contributed by atoms with E-state index < -0.39 is 0 Å². The third-order valence-corrected chi connectivity index (χ3v) is 6.20. The van der Waals surface area contributed by atoms with Crippen LogP contribution in [-0.2, 0) is 4.74 Å². The number of anilines is 1. The molecule has 1 aliphatic rings. The van der Waals surface area contributed by atoms with Crippen LogP contribution in [0.25, 0.3) is 33.4 Å².